The zero-order chi connectivity index (χ0) is 19.5. The minimum atomic E-state index is 0.0127. The van der Waals surface area contributed by atoms with E-state index < -0.39 is 0 Å². The summed E-state index contributed by atoms with van der Waals surface area (Å²) in [5, 5.41) is 0.611. The first kappa shape index (κ1) is 18.9. The number of thiazole rings is 1. The summed E-state index contributed by atoms with van der Waals surface area (Å²) < 4.78 is 5.23. The summed E-state index contributed by atoms with van der Waals surface area (Å²) in [5.41, 5.74) is 1.62. The molecule has 0 bridgehead atoms. The molecule has 2 aliphatic rings. The number of likely N-dealkylation sites (tertiary alicyclic amines) is 1. The molecular weight excluding hydrogens is 374 g/mol. The molecule has 0 saturated carbocycles. The van der Waals surface area contributed by atoms with Crippen LogP contribution >= 0.6 is 11.3 Å². The summed E-state index contributed by atoms with van der Waals surface area (Å²) in [6.07, 6.45) is 4.80. The van der Waals surface area contributed by atoms with Crippen LogP contribution in [0.2, 0.25) is 0 Å². The number of carbonyl (C=O) groups is 2. The van der Waals surface area contributed by atoms with Crippen LogP contribution in [-0.2, 0) is 12.8 Å². The van der Waals surface area contributed by atoms with Gasteiger partial charge in [0.25, 0.3) is 11.8 Å². The number of hydrogen-bond acceptors (Lipinski definition) is 5. The van der Waals surface area contributed by atoms with E-state index in [2.05, 4.69) is 4.98 Å². The minimum Gasteiger partial charge on any atom is -0.497 e. The van der Waals surface area contributed by atoms with Gasteiger partial charge in [0.15, 0.2) is 5.01 Å². The fraction of sp³-hybridized carbons (Fsp3) is 0.476. The van der Waals surface area contributed by atoms with Gasteiger partial charge in [-0.2, -0.15) is 0 Å². The van der Waals surface area contributed by atoms with Crippen LogP contribution < -0.4 is 4.74 Å². The third-order valence-electron chi connectivity index (χ3n) is 5.44. The Morgan fingerprint density at radius 1 is 1.00 bits per heavy atom. The smallest absolute Gasteiger partial charge is 0.282 e. The maximum atomic E-state index is 12.9. The molecule has 6 nitrogen and oxygen atoms in total. The molecule has 28 heavy (non-hydrogen) atoms. The van der Waals surface area contributed by atoms with E-state index in [1.165, 1.54) is 17.8 Å². The van der Waals surface area contributed by atoms with Gasteiger partial charge in [0, 0.05) is 49.5 Å². The number of aromatic nitrogens is 1. The first-order valence-corrected chi connectivity index (χ1v) is 10.7. The lowest BCUT2D eigenvalue weighted by molar-refractivity contribution is 0.0721. The Bertz CT molecular complexity index is 848. The Kier molecular flexibility index (Phi) is 5.62. The third-order valence-corrected chi connectivity index (χ3v) is 6.58. The molecule has 148 valence electrons. The third kappa shape index (κ3) is 3.90. The van der Waals surface area contributed by atoms with Crippen LogP contribution in [0.4, 0.5) is 0 Å². The van der Waals surface area contributed by atoms with Gasteiger partial charge in [0.2, 0.25) is 0 Å². The largest absolute Gasteiger partial charge is 0.497 e. The minimum absolute atomic E-state index is 0.0127. The number of ether oxygens (including phenoxy) is 1. The number of methoxy groups -OCH3 is 1. The van der Waals surface area contributed by atoms with Gasteiger partial charge in [-0.25, -0.2) is 4.98 Å². The fourth-order valence-corrected chi connectivity index (χ4v) is 4.89. The standard InChI is InChI=1S/C21H25N3O3S/c1-27-16-7-5-6-15(14-16)20(25)24-12-8-17-18(9-13-24)28-19(22-17)21(26)23-10-3-2-4-11-23/h5-7,14H,2-4,8-13H2,1H3. The van der Waals surface area contributed by atoms with E-state index in [1.807, 2.05) is 28.0 Å². The molecule has 1 aromatic heterocycles. The Hall–Kier alpha value is -2.41. The molecule has 2 aromatic rings. The van der Waals surface area contributed by atoms with E-state index in [0.29, 0.717) is 35.8 Å². The summed E-state index contributed by atoms with van der Waals surface area (Å²) in [5.74, 6) is 0.767. The molecule has 0 spiro atoms. The topological polar surface area (TPSA) is 62.7 Å². The molecule has 4 rings (SSSR count). The Morgan fingerprint density at radius 3 is 2.54 bits per heavy atom. The van der Waals surface area contributed by atoms with Gasteiger partial charge in [-0.05, 0) is 37.5 Å². The second-order valence-corrected chi connectivity index (χ2v) is 8.35. The summed E-state index contributed by atoms with van der Waals surface area (Å²) in [6.45, 7) is 2.94. The second kappa shape index (κ2) is 8.31. The lowest BCUT2D eigenvalue weighted by Gasteiger charge is -2.25. The normalized spacial score (nSPS) is 17.0. The van der Waals surface area contributed by atoms with Crippen molar-refractivity contribution in [2.45, 2.75) is 32.1 Å². The molecule has 1 aromatic carbocycles. The van der Waals surface area contributed by atoms with Gasteiger partial charge < -0.3 is 14.5 Å². The highest BCUT2D eigenvalue weighted by molar-refractivity contribution is 7.13. The summed E-state index contributed by atoms with van der Waals surface area (Å²) in [6, 6.07) is 7.26. The van der Waals surface area contributed by atoms with Gasteiger partial charge >= 0.3 is 0 Å². The van der Waals surface area contributed by atoms with E-state index >= 15 is 0 Å². The van der Waals surface area contributed by atoms with E-state index in [0.717, 1.165) is 42.9 Å². The van der Waals surface area contributed by atoms with E-state index in [4.69, 9.17) is 4.74 Å². The van der Waals surface area contributed by atoms with Gasteiger partial charge in [-0.15, -0.1) is 11.3 Å². The zero-order valence-electron chi connectivity index (χ0n) is 16.1. The van der Waals surface area contributed by atoms with E-state index in [-0.39, 0.29) is 11.8 Å². The van der Waals surface area contributed by atoms with Gasteiger partial charge in [0.05, 0.1) is 12.8 Å². The monoisotopic (exact) mass is 399 g/mol. The van der Waals surface area contributed by atoms with Crippen LogP contribution in [0.1, 0.15) is 50.0 Å². The fourth-order valence-electron chi connectivity index (χ4n) is 3.83. The molecule has 0 aliphatic carbocycles. The molecule has 1 fully saturated rings. The highest BCUT2D eigenvalue weighted by atomic mass is 32.1. The number of fused-ring (bicyclic) bond motifs is 1. The lowest BCUT2D eigenvalue weighted by Crippen LogP contribution is -2.35. The molecule has 2 aliphatic heterocycles. The average molecular weight is 400 g/mol. The van der Waals surface area contributed by atoms with Crippen molar-refractivity contribution in [3.8, 4) is 5.75 Å². The quantitative estimate of drug-likeness (QED) is 0.796. The van der Waals surface area contributed by atoms with Crippen molar-refractivity contribution in [3.63, 3.8) is 0 Å². The molecule has 0 radical (unpaired) electrons. The number of piperidine rings is 1. The van der Waals surface area contributed by atoms with Crippen molar-refractivity contribution in [1.82, 2.24) is 14.8 Å². The molecule has 7 heteroatoms. The van der Waals surface area contributed by atoms with Crippen molar-refractivity contribution in [3.05, 3.63) is 45.4 Å². The number of nitrogens with zero attached hydrogens (tertiary/aromatic N) is 3. The number of carbonyl (C=O) groups excluding carboxylic acids is 2. The highest BCUT2D eigenvalue weighted by Crippen LogP contribution is 2.26. The second-order valence-electron chi connectivity index (χ2n) is 7.27. The highest BCUT2D eigenvalue weighted by Gasteiger charge is 2.26. The van der Waals surface area contributed by atoms with Crippen LogP contribution in [-0.4, -0.2) is 59.9 Å². The van der Waals surface area contributed by atoms with Crippen LogP contribution in [0.3, 0.4) is 0 Å². The van der Waals surface area contributed by atoms with Crippen molar-refractivity contribution < 1.29 is 14.3 Å². The summed E-state index contributed by atoms with van der Waals surface area (Å²) in [7, 11) is 1.60. The Morgan fingerprint density at radius 2 is 1.75 bits per heavy atom. The summed E-state index contributed by atoms with van der Waals surface area (Å²) in [4.78, 5) is 35.2. The van der Waals surface area contributed by atoms with Gasteiger partial charge in [-0.3, -0.25) is 9.59 Å². The first-order chi connectivity index (χ1) is 13.7. The van der Waals surface area contributed by atoms with E-state index in [9.17, 15) is 9.59 Å². The number of rotatable bonds is 3. The molecule has 0 atom stereocenters. The summed E-state index contributed by atoms with van der Waals surface area (Å²) >= 11 is 1.51. The lowest BCUT2D eigenvalue weighted by atomic mass is 10.1. The van der Waals surface area contributed by atoms with Crippen molar-refractivity contribution in [2.24, 2.45) is 0 Å². The van der Waals surface area contributed by atoms with Crippen molar-refractivity contribution in [2.75, 3.05) is 33.3 Å². The number of amides is 2. The molecule has 0 unspecified atom stereocenters. The molecule has 2 amide bonds. The van der Waals surface area contributed by atoms with Crippen LogP contribution in [0.5, 0.6) is 5.75 Å². The number of benzene rings is 1. The maximum Gasteiger partial charge on any atom is 0.282 e. The SMILES string of the molecule is COc1cccc(C(=O)N2CCc3nc(C(=O)N4CCCCC4)sc3CC2)c1. The van der Waals surface area contributed by atoms with E-state index in [1.54, 1.807) is 13.2 Å². The average Bonchev–Trinajstić information content (AvgIpc) is 3.06. The van der Waals surface area contributed by atoms with Crippen LogP contribution in [0, 0.1) is 0 Å². The maximum absolute atomic E-state index is 12.9. The molecule has 3 heterocycles. The Labute approximate surface area is 169 Å². The van der Waals surface area contributed by atoms with Gasteiger partial charge in [-0.1, -0.05) is 6.07 Å². The predicted octanol–water partition coefficient (Wildman–Crippen LogP) is 3.02. The molecular formula is C21H25N3O3S. The van der Waals surface area contributed by atoms with Crippen LogP contribution in [0.25, 0.3) is 0 Å². The van der Waals surface area contributed by atoms with Crippen LogP contribution in [0.15, 0.2) is 24.3 Å². The predicted molar refractivity (Wildman–Crippen MR) is 108 cm³/mol. The first-order valence-electron chi connectivity index (χ1n) is 9.87. The Balaban J connectivity index is 1.44. The zero-order valence-corrected chi connectivity index (χ0v) is 17.0. The van der Waals surface area contributed by atoms with Crippen molar-refractivity contribution in [1.29, 1.82) is 0 Å². The van der Waals surface area contributed by atoms with Gasteiger partial charge in [0.1, 0.15) is 5.75 Å². The molecule has 0 N–H and O–H groups in total. The molecule has 1 saturated heterocycles. The number of hydrogen-bond donors (Lipinski definition) is 0. The van der Waals surface area contributed by atoms with Crippen molar-refractivity contribution >= 4 is 23.2 Å².